The first kappa shape index (κ1) is 17.0. The summed E-state index contributed by atoms with van der Waals surface area (Å²) in [4.78, 5) is 25.7. The second-order valence-electron chi connectivity index (χ2n) is 5.88. The van der Waals surface area contributed by atoms with Crippen LogP contribution in [0.5, 0.6) is 0 Å². The highest BCUT2D eigenvalue weighted by Gasteiger charge is 2.21. The Kier molecular flexibility index (Phi) is 4.43. The third kappa shape index (κ3) is 3.32. The zero-order valence-electron chi connectivity index (χ0n) is 14.5. The van der Waals surface area contributed by atoms with Gasteiger partial charge in [-0.1, -0.05) is 60.7 Å². The van der Waals surface area contributed by atoms with Crippen LogP contribution in [0.15, 0.2) is 60.7 Å². The lowest BCUT2D eigenvalue weighted by Crippen LogP contribution is -2.17. The smallest absolute Gasteiger partial charge is 0.252 e. The van der Waals surface area contributed by atoms with Crippen LogP contribution in [0, 0.1) is 6.92 Å². The molecule has 2 aromatic heterocycles. The first-order valence-corrected chi connectivity index (χ1v) is 9.04. The Bertz CT molecular complexity index is 1110. The molecule has 1 amide bonds. The molecule has 0 bridgehead atoms. The average molecular weight is 373 g/mol. The molecule has 2 heterocycles. The molecule has 7 heteroatoms. The monoisotopic (exact) mass is 373 g/mol. The topological polar surface area (TPSA) is 94.7 Å². The predicted molar refractivity (Wildman–Crippen MR) is 105 cm³/mol. The van der Waals surface area contributed by atoms with Gasteiger partial charge in [0.15, 0.2) is 16.7 Å². The Balaban J connectivity index is 1.87. The highest BCUT2D eigenvalue weighted by atomic mass is 32.1. The van der Waals surface area contributed by atoms with Crippen molar-refractivity contribution < 1.29 is 4.79 Å². The summed E-state index contributed by atoms with van der Waals surface area (Å²) in [5.74, 6) is 0.520. The molecular weight excluding hydrogens is 358 g/mol. The van der Waals surface area contributed by atoms with Gasteiger partial charge >= 0.3 is 0 Å². The number of aryl methyl sites for hydroxylation is 1. The number of aromatic nitrogens is 4. The van der Waals surface area contributed by atoms with Gasteiger partial charge in [0.2, 0.25) is 0 Å². The molecule has 2 N–H and O–H groups in total. The number of nitrogens with zero attached hydrogens (tertiary/aromatic N) is 4. The first-order valence-electron chi connectivity index (χ1n) is 8.27. The number of carbonyl (C=O) groups excluding carboxylic acids is 1. The third-order valence-corrected chi connectivity index (χ3v) is 4.75. The molecule has 2 aromatic carbocycles. The minimum Gasteiger partial charge on any atom is -0.365 e. The van der Waals surface area contributed by atoms with E-state index in [4.69, 9.17) is 5.73 Å². The van der Waals surface area contributed by atoms with Gasteiger partial charge in [-0.3, -0.25) is 4.79 Å². The quantitative estimate of drug-likeness (QED) is 0.588. The second kappa shape index (κ2) is 7.05. The van der Waals surface area contributed by atoms with Crippen LogP contribution in [-0.2, 0) is 0 Å². The van der Waals surface area contributed by atoms with Crippen molar-refractivity contribution in [3.63, 3.8) is 0 Å². The van der Waals surface area contributed by atoms with E-state index in [1.807, 2.05) is 60.7 Å². The van der Waals surface area contributed by atoms with Gasteiger partial charge in [-0.2, -0.15) is 4.37 Å². The van der Waals surface area contributed by atoms with E-state index in [0.717, 1.165) is 11.1 Å². The van der Waals surface area contributed by atoms with E-state index in [-0.39, 0.29) is 5.56 Å². The van der Waals surface area contributed by atoms with E-state index < -0.39 is 5.91 Å². The van der Waals surface area contributed by atoms with E-state index in [9.17, 15) is 4.79 Å². The maximum atomic E-state index is 12.0. The van der Waals surface area contributed by atoms with Crippen molar-refractivity contribution in [3.05, 3.63) is 71.9 Å². The van der Waals surface area contributed by atoms with Crippen LogP contribution in [0.1, 0.15) is 16.1 Å². The molecule has 0 spiro atoms. The highest BCUT2D eigenvalue weighted by molar-refractivity contribution is 7.09. The molecule has 0 aliphatic heterocycles. The summed E-state index contributed by atoms with van der Waals surface area (Å²) >= 11 is 1.18. The molecular formula is C20H15N5OS. The minimum absolute atomic E-state index is 0.269. The van der Waals surface area contributed by atoms with Crippen LogP contribution in [0.25, 0.3) is 33.5 Å². The lowest BCUT2D eigenvalue weighted by molar-refractivity contribution is 0.0999. The van der Waals surface area contributed by atoms with Gasteiger partial charge in [-0.15, -0.1) is 0 Å². The van der Waals surface area contributed by atoms with Gasteiger partial charge in [0.05, 0.1) is 11.3 Å². The summed E-state index contributed by atoms with van der Waals surface area (Å²) in [6, 6.07) is 19.2. The van der Waals surface area contributed by atoms with Gasteiger partial charge < -0.3 is 5.73 Å². The van der Waals surface area contributed by atoms with Crippen molar-refractivity contribution in [3.8, 4) is 33.5 Å². The lowest BCUT2D eigenvalue weighted by atomic mass is 10.1. The van der Waals surface area contributed by atoms with Crippen LogP contribution in [0.4, 0.5) is 0 Å². The number of hydrogen-bond donors (Lipinski definition) is 1. The maximum Gasteiger partial charge on any atom is 0.252 e. The van der Waals surface area contributed by atoms with E-state index >= 15 is 0 Å². The first-order chi connectivity index (χ1) is 13.1. The fraction of sp³-hybridized carbons (Fsp3) is 0.0500. The van der Waals surface area contributed by atoms with Gasteiger partial charge in [-0.05, 0) is 18.5 Å². The Morgan fingerprint density at radius 1 is 0.852 bits per heavy atom. The summed E-state index contributed by atoms with van der Waals surface area (Å²) in [5, 5.41) is 0.533. The van der Waals surface area contributed by atoms with Gasteiger partial charge in [0.1, 0.15) is 5.69 Å². The summed E-state index contributed by atoms with van der Waals surface area (Å²) in [5.41, 5.74) is 8.54. The average Bonchev–Trinajstić information content (AvgIpc) is 3.18. The van der Waals surface area contributed by atoms with Crippen molar-refractivity contribution in [2.24, 2.45) is 5.73 Å². The number of nitrogens with two attached hydrogens (primary N) is 1. The normalized spacial score (nSPS) is 10.7. The second-order valence-corrected chi connectivity index (χ2v) is 6.63. The molecule has 132 valence electrons. The fourth-order valence-electron chi connectivity index (χ4n) is 2.76. The van der Waals surface area contributed by atoms with Crippen LogP contribution in [-0.4, -0.2) is 25.2 Å². The lowest BCUT2D eigenvalue weighted by Gasteiger charge is -2.09. The van der Waals surface area contributed by atoms with Crippen LogP contribution in [0.3, 0.4) is 0 Å². The number of carbonyl (C=O) groups is 1. The zero-order valence-corrected chi connectivity index (χ0v) is 15.3. The standard InChI is InChI=1S/C20H15N5OS/c1-12-15(17(21)26)16(23-18(22-12)13-8-4-2-5-9-13)20-24-19(25-27-20)14-10-6-3-7-11-14/h2-11H,1H3,(H2,21,26). The summed E-state index contributed by atoms with van der Waals surface area (Å²) < 4.78 is 4.41. The van der Waals surface area contributed by atoms with Crippen molar-refractivity contribution >= 4 is 17.4 Å². The zero-order chi connectivity index (χ0) is 18.8. The summed E-state index contributed by atoms with van der Waals surface area (Å²) in [6.07, 6.45) is 0. The fourth-order valence-corrected chi connectivity index (χ4v) is 3.44. The Morgan fingerprint density at radius 2 is 1.44 bits per heavy atom. The molecule has 0 saturated carbocycles. The minimum atomic E-state index is -0.585. The molecule has 0 saturated heterocycles. The molecule has 0 radical (unpaired) electrons. The number of benzene rings is 2. The predicted octanol–water partition coefficient (Wildman–Crippen LogP) is 3.74. The Labute approximate surface area is 159 Å². The van der Waals surface area contributed by atoms with E-state index in [1.165, 1.54) is 11.5 Å². The van der Waals surface area contributed by atoms with E-state index in [0.29, 0.717) is 28.0 Å². The van der Waals surface area contributed by atoms with Crippen molar-refractivity contribution in [2.75, 3.05) is 0 Å². The number of amides is 1. The molecule has 0 fully saturated rings. The molecule has 27 heavy (non-hydrogen) atoms. The van der Waals surface area contributed by atoms with Crippen LogP contribution < -0.4 is 5.73 Å². The Morgan fingerprint density at radius 3 is 2.04 bits per heavy atom. The van der Waals surface area contributed by atoms with E-state index in [1.54, 1.807) is 6.92 Å². The number of primary amides is 1. The third-order valence-electron chi connectivity index (χ3n) is 4.03. The van der Waals surface area contributed by atoms with Crippen molar-refractivity contribution in [1.29, 1.82) is 0 Å². The highest BCUT2D eigenvalue weighted by Crippen LogP contribution is 2.30. The van der Waals surface area contributed by atoms with Gasteiger partial charge in [0, 0.05) is 11.1 Å². The Hall–Kier alpha value is -3.45. The van der Waals surface area contributed by atoms with Crippen molar-refractivity contribution in [1.82, 2.24) is 19.3 Å². The number of hydrogen-bond acceptors (Lipinski definition) is 6. The molecule has 0 aliphatic carbocycles. The molecule has 0 aliphatic rings. The van der Waals surface area contributed by atoms with Crippen molar-refractivity contribution in [2.45, 2.75) is 6.92 Å². The SMILES string of the molecule is Cc1nc(-c2ccccc2)nc(-c2nc(-c3ccccc3)ns2)c1C(N)=O. The van der Waals surface area contributed by atoms with Gasteiger partial charge in [-0.25, -0.2) is 15.0 Å². The molecule has 0 atom stereocenters. The maximum absolute atomic E-state index is 12.0. The number of rotatable bonds is 4. The molecule has 4 rings (SSSR count). The van der Waals surface area contributed by atoms with Crippen LogP contribution in [0.2, 0.25) is 0 Å². The molecule has 4 aromatic rings. The molecule has 6 nitrogen and oxygen atoms in total. The van der Waals surface area contributed by atoms with Gasteiger partial charge in [0.25, 0.3) is 5.91 Å². The largest absolute Gasteiger partial charge is 0.365 e. The summed E-state index contributed by atoms with van der Waals surface area (Å²) in [7, 11) is 0. The van der Waals surface area contributed by atoms with Crippen LogP contribution >= 0.6 is 11.5 Å². The summed E-state index contributed by atoms with van der Waals surface area (Å²) in [6.45, 7) is 1.75. The van der Waals surface area contributed by atoms with E-state index in [2.05, 4.69) is 19.3 Å². The molecule has 0 unspecified atom stereocenters.